The van der Waals surface area contributed by atoms with Crippen LogP contribution in [0.2, 0.25) is 0 Å². The first kappa shape index (κ1) is 22.4. The van der Waals surface area contributed by atoms with Gasteiger partial charge >= 0.3 is 12.1 Å². The predicted molar refractivity (Wildman–Crippen MR) is 107 cm³/mol. The van der Waals surface area contributed by atoms with E-state index in [1.165, 1.54) is 17.1 Å². The van der Waals surface area contributed by atoms with Crippen LogP contribution in [0.3, 0.4) is 0 Å². The number of hydrogen-bond acceptors (Lipinski definition) is 4. The lowest BCUT2D eigenvalue weighted by Crippen LogP contribution is -2.30. The molecule has 8 heteroatoms. The number of carbonyl (C=O) groups excluding carboxylic acids is 1. The predicted octanol–water partition coefficient (Wildman–Crippen LogP) is 4.66. The highest BCUT2D eigenvalue weighted by Crippen LogP contribution is 2.25. The number of carboxylic acid groups (broad SMARTS) is 1. The van der Waals surface area contributed by atoms with E-state index in [0.29, 0.717) is 6.42 Å². The Kier molecular flexibility index (Phi) is 7.81. The summed E-state index contributed by atoms with van der Waals surface area (Å²) in [7, 11) is 0. The normalized spacial score (nSPS) is 12.0. The summed E-state index contributed by atoms with van der Waals surface area (Å²) in [5, 5.41) is 9.43. The van der Waals surface area contributed by atoms with E-state index >= 15 is 0 Å². The quantitative estimate of drug-likeness (QED) is 0.599. The zero-order valence-electron chi connectivity index (χ0n) is 15.1. The molecular weight excluding hydrogens is 403 g/mol. The van der Waals surface area contributed by atoms with Crippen LogP contribution in [0.15, 0.2) is 77.7 Å². The lowest BCUT2D eigenvalue weighted by atomic mass is 10.1. The van der Waals surface area contributed by atoms with E-state index in [1.807, 2.05) is 66.7 Å². The maximum atomic E-state index is 12.3. The Balaban J connectivity index is 0.000000370. The van der Waals surface area contributed by atoms with Gasteiger partial charge in [0.15, 0.2) is 0 Å². The molecule has 29 heavy (non-hydrogen) atoms. The highest BCUT2D eigenvalue weighted by Gasteiger charge is 2.38. The molecule has 4 nitrogen and oxygen atoms in total. The van der Waals surface area contributed by atoms with Crippen LogP contribution in [0.5, 0.6) is 0 Å². The summed E-state index contributed by atoms with van der Waals surface area (Å²) in [5.74, 6) is -2.76. The third kappa shape index (κ3) is 7.24. The molecule has 0 aliphatic rings. The molecule has 1 atom stereocenters. The largest absolute Gasteiger partial charge is 0.490 e. The molecule has 0 aliphatic carbocycles. The molecule has 0 amide bonds. The van der Waals surface area contributed by atoms with Crippen molar-refractivity contribution in [2.45, 2.75) is 23.5 Å². The summed E-state index contributed by atoms with van der Waals surface area (Å²) in [5.41, 5.74) is 7.12. The summed E-state index contributed by atoms with van der Waals surface area (Å²) in [6, 6.07) is 23.5. The molecule has 3 aromatic rings. The van der Waals surface area contributed by atoms with Gasteiger partial charge in [-0.15, -0.1) is 0 Å². The van der Waals surface area contributed by atoms with Crippen molar-refractivity contribution in [2.24, 2.45) is 5.73 Å². The first-order valence-corrected chi connectivity index (χ1v) is 9.28. The Morgan fingerprint density at radius 3 is 2.07 bits per heavy atom. The molecule has 0 spiro atoms. The number of carboxylic acids is 1. The third-order valence-corrected chi connectivity index (χ3v) is 4.78. The van der Waals surface area contributed by atoms with E-state index in [9.17, 15) is 18.0 Å². The van der Waals surface area contributed by atoms with Crippen molar-refractivity contribution in [3.8, 4) is 0 Å². The molecule has 152 valence electrons. The van der Waals surface area contributed by atoms with Crippen LogP contribution >= 0.6 is 11.8 Å². The second kappa shape index (κ2) is 10.1. The average Bonchev–Trinajstić information content (AvgIpc) is 2.68. The number of thioether (sulfide) groups is 1. The van der Waals surface area contributed by atoms with Crippen LogP contribution in [0.1, 0.15) is 5.56 Å². The first-order valence-electron chi connectivity index (χ1n) is 8.47. The second-order valence-corrected chi connectivity index (χ2v) is 7.11. The van der Waals surface area contributed by atoms with Crippen LogP contribution < -0.4 is 5.73 Å². The van der Waals surface area contributed by atoms with Crippen LogP contribution in [-0.2, 0) is 16.0 Å². The minimum absolute atomic E-state index is 0.000802. The smallest absolute Gasteiger partial charge is 0.475 e. The molecule has 0 saturated carbocycles. The third-order valence-electron chi connectivity index (χ3n) is 3.78. The standard InChI is InChI=1S/C19H17NOS.C2HF3O2/c20-18(12-14-6-2-1-3-7-14)19(21)22-17-11-10-15-8-4-5-9-16(15)13-17;3-2(4,5)1(6)7/h1-11,13,18H,12,20H2;(H,6,7)/t18-;/m0./s1. The van der Waals surface area contributed by atoms with Gasteiger partial charge in [0.25, 0.3) is 0 Å². The number of alkyl halides is 3. The van der Waals surface area contributed by atoms with Crippen LogP contribution in [0.25, 0.3) is 10.8 Å². The molecule has 0 aromatic heterocycles. The Morgan fingerprint density at radius 2 is 1.48 bits per heavy atom. The molecule has 0 unspecified atom stereocenters. The van der Waals surface area contributed by atoms with E-state index in [-0.39, 0.29) is 5.12 Å². The summed E-state index contributed by atoms with van der Waals surface area (Å²) in [6.07, 6.45) is -4.51. The molecule has 0 radical (unpaired) electrons. The maximum Gasteiger partial charge on any atom is 0.490 e. The van der Waals surface area contributed by atoms with Gasteiger partial charge in [-0.05, 0) is 34.9 Å². The van der Waals surface area contributed by atoms with Gasteiger partial charge in [0.1, 0.15) is 0 Å². The summed E-state index contributed by atoms with van der Waals surface area (Å²) in [6.45, 7) is 0. The van der Waals surface area contributed by atoms with Crippen LogP contribution in [0.4, 0.5) is 13.2 Å². The Morgan fingerprint density at radius 1 is 0.931 bits per heavy atom. The van der Waals surface area contributed by atoms with Gasteiger partial charge in [0, 0.05) is 4.90 Å². The van der Waals surface area contributed by atoms with Gasteiger partial charge in [-0.3, -0.25) is 4.79 Å². The summed E-state index contributed by atoms with van der Waals surface area (Å²) in [4.78, 5) is 22.1. The fourth-order valence-electron chi connectivity index (χ4n) is 2.37. The van der Waals surface area contributed by atoms with Crippen molar-refractivity contribution in [1.82, 2.24) is 0 Å². The van der Waals surface area contributed by atoms with Gasteiger partial charge in [0.05, 0.1) is 6.04 Å². The highest BCUT2D eigenvalue weighted by atomic mass is 32.2. The lowest BCUT2D eigenvalue weighted by molar-refractivity contribution is -0.192. The Labute approximate surface area is 169 Å². The number of aliphatic carboxylic acids is 1. The second-order valence-electron chi connectivity index (χ2n) is 6.03. The lowest BCUT2D eigenvalue weighted by Gasteiger charge is -2.10. The molecule has 0 saturated heterocycles. The van der Waals surface area contributed by atoms with Gasteiger partial charge in [-0.1, -0.05) is 72.4 Å². The SMILES string of the molecule is N[C@@H](Cc1ccccc1)C(=O)Sc1ccc2ccccc2c1.O=C(O)C(F)(F)F. The zero-order valence-corrected chi connectivity index (χ0v) is 15.9. The van der Waals surface area contributed by atoms with E-state index in [0.717, 1.165) is 15.8 Å². The molecule has 0 bridgehead atoms. The number of hydrogen-bond donors (Lipinski definition) is 2. The van der Waals surface area contributed by atoms with Crippen molar-refractivity contribution in [3.63, 3.8) is 0 Å². The molecule has 3 rings (SSSR count). The van der Waals surface area contributed by atoms with Gasteiger partial charge in [-0.2, -0.15) is 13.2 Å². The molecule has 0 fully saturated rings. The van der Waals surface area contributed by atoms with E-state index in [4.69, 9.17) is 15.6 Å². The highest BCUT2D eigenvalue weighted by molar-refractivity contribution is 8.13. The van der Waals surface area contributed by atoms with Crippen molar-refractivity contribution in [3.05, 3.63) is 78.4 Å². The molecular formula is C21H18F3NO3S. The maximum absolute atomic E-state index is 12.3. The molecule has 3 N–H and O–H groups in total. The van der Waals surface area contributed by atoms with E-state index in [1.54, 1.807) is 0 Å². The number of benzene rings is 3. The number of rotatable bonds is 4. The number of carbonyl (C=O) groups is 2. The fraction of sp³-hybridized carbons (Fsp3) is 0.143. The van der Waals surface area contributed by atoms with Crippen LogP contribution in [0, 0.1) is 0 Å². The first-order chi connectivity index (χ1) is 13.7. The van der Waals surface area contributed by atoms with Gasteiger partial charge < -0.3 is 10.8 Å². The zero-order chi connectivity index (χ0) is 21.4. The van der Waals surface area contributed by atoms with Gasteiger partial charge in [0.2, 0.25) is 5.12 Å². The van der Waals surface area contributed by atoms with Crippen molar-refractivity contribution < 1.29 is 27.9 Å². The van der Waals surface area contributed by atoms with Crippen LogP contribution in [-0.4, -0.2) is 28.4 Å². The molecule has 0 aliphatic heterocycles. The number of nitrogens with two attached hydrogens (primary N) is 1. The summed E-state index contributed by atoms with van der Waals surface area (Å²) < 4.78 is 31.7. The van der Waals surface area contributed by atoms with E-state index < -0.39 is 18.2 Å². The average molecular weight is 421 g/mol. The minimum atomic E-state index is -5.08. The number of fused-ring (bicyclic) bond motifs is 1. The van der Waals surface area contributed by atoms with Crippen molar-refractivity contribution in [2.75, 3.05) is 0 Å². The fourth-order valence-corrected chi connectivity index (χ4v) is 3.16. The molecule has 3 aromatic carbocycles. The Bertz CT molecular complexity index is 978. The van der Waals surface area contributed by atoms with Crippen molar-refractivity contribution in [1.29, 1.82) is 0 Å². The topological polar surface area (TPSA) is 80.4 Å². The minimum Gasteiger partial charge on any atom is -0.475 e. The van der Waals surface area contributed by atoms with Crippen molar-refractivity contribution >= 4 is 33.6 Å². The number of halogens is 3. The monoisotopic (exact) mass is 421 g/mol. The van der Waals surface area contributed by atoms with E-state index in [2.05, 4.69) is 6.07 Å². The Hall–Kier alpha value is -2.84. The van der Waals surface area contributed by atoms with Gasteiger partial charge in [-0.25, -0.2) is 4.79 Å². The molecule has 0 heterocycles. The summed E-state index contributed by atoms with van der Waals surface area (Å²) >= 11 is 1.22.